The molecule has 9 nitrogen and oxygen atoms in total. The first-order valence-corrected chi connectivity index (χ1v) is 19.2. The summed E-state index contributed by atoms with van der Waals surface area (Å²) < 4.78 is 14.1. The number of nitrogens with zero attached hydrogens (tertiary/aromatic N) is 9. The van der Waals surface area contributed by atoms with Gasteiger partial charge in [-0.05, 0) is 42.5 Å². The molecule has 0 aliphatic rings. The van der Waals surface area contributed by atoms with Crippen LogP contribution in [0.4, 0.5) is 4.39 Å². The lowest BCUT2D eigenvalue weighted by molar-refractivity contribution is 0.543. The van der Waals surface area contributed by atoms with Crippen LogP contribution < -0.4 is 0 Å². The van der Waals surface area contributed by atoms with Crippen molar-refractivity contribution in [1.82, 2.24) is 44.9 Å². The van der Waals surface area contributed by atoms with Crippen molar-refractivity contribution in [3.05, 3.63) is 175 Å². The second-order valence-electron chi connectivity index (χ2n) is 14.9. The van der Waals surface area contributed by atoms with E-state index < -0.39 is 5.41 Å². The van der Waals surface area contributed by atoms with Crippen LogP contribution in [0.3, 0.4) is 0 Å². The minimum Gasteiger partial charge on any atom is -0.212 e. The maximum Gasteiger partial charge on any atom is 0.164 e. The molecule has 0 atom stereocenters. The van der Waals surface area contributed by atoms with E-state index in [9.17, 15) is 4.39 Å². The molecule has 0 bridgehead atoms. The van der Waals surface area contributed by atoms with Crippen LogP contribution in [-0.2, 0) is 5.41 Å². The van der Waals surface area contributed by atoms with Crippen molar-refractivity contribution in [2.75, 3.05) is 0 Å². The van der Waals surface area contributed by atoms with E-state index in [2.05, 4.69) is 20.8 Å². The second-order valence-corrected chi connectivity index (χ2v) is 14.9. The monoisotopic (exact) mass is 769 g/mol. The zero-order valence-corrected chi connectivity index (χ0v) is 32.5. The molecular weight excluding hydrogens is 734 g/mol. The Morgan fingerprint density at radius 2 is 0.525 bits per heavy atom. The zero-order valence-electron chi connectivity index (χ0n) is 32.5. The molecule has 0 amide bonds. The van der Waals surface area contributed by atoms with Crippen molar-refractivity contribution in [3.63, 3.8) is 0 Å². The average molecular weight is 770 g/mol. The molecule has 0 N–H and O–H groups in total. The Kier molecular flexibility index (Phi) is 9.80. The van der Waals surface area contributed by atoms with Gasteiger partial charge < -0.3 is 0 Å². The van der Waals surface area contributed by atoms with Crippen molar-refractivity contribution in [2.45, 2.75) is 26.2 Å². The van der Waals surface area contributed by atoms with Gasteiger partial charge in [-0.2, -0.15) is 0 Å². The summed E-state index contributed by atoms with van der Waals surface area (Å²) in [6.45, 7) is 6.24. The van der Waals surface area contributed by atoms with E-state index in [1.54, 1.807) is 12.1 Å². The first-order valence-electron chi connectivity index (χ1n) is 19.2. The van der Waals surface area contributed by atoms with Gasteiger partial charge in [0, 0.05) is 49.9 Å². The lowest BCUT2D eigenvalue weighted by Crippen LogP contribution is -2.18. The predicted molar refractivity (Wildman–Crippen MR) is 229 cm³/mol. The molecular formula is C49H36FN9. The summed E-state index contributed by atoms with van der Waals surface area (Å²) in [5, 5.41) is 0. The molecule has 284 valence electrons. The predicted octanol–water partition coefficient (Wildman–Crippen LogP) is 11.0. The van der Waals surface area contributed by atoms with E-state index in [1.807, 2.05) is 140 Å². The Hall–Kier alpha value is -7.72. The number of rotatable bonds is 8. The molecule has 9 rings (SSSR count). The van der Waals surface area contributed by atoms with E-state index in [1.165, 1.54) is 12.1 Å². The number of hydrogen-bond donors (Lipinski definition) is 0. The van der Waals surface area contributed by atoms with Gasteiger partial charge in [-0.3, -0.25) is 0 Å². The minimum absolute atomic E-state index is 0.354. The van der Waals surface area contributed by atoms with Gasteiger partial charge in [0.25, 0.3) is 0 Å². The van der Waals surface area contributed by atoms with E-state index >= 15 is 0 Å². The summed E-state index contributed by atoms with van der Waals surface area (Å²) >= 11 is 0. The fourth-order valence-corrected chi connectivity index (χ4v) is 6.46. The highest BCUT2D eigenvalue weighted by molar-refractivity contribution is 5.78. The number of benzene rings is 6. The largest absolute Gasteiger partial charge is 0.212 e. The van der Waals surface area contributed by atoms with E-state index in [0.29, 0.717) is 74.7 Å². The minimum atomic E-state index is -0.395. The molecule has 0 aliphatic heterocycles. The highest BCUT2D eigenvalue weighted by Gasteiger charge is 2.23. The molecule has 0 aliphatic carbocycles. The summed E-state index contributed by atoms with van der Waals surface area (Å²) in [5.74, 6) is 4.01. The van der Waals surface area contributed by atoms with E-state index in [-0.39, 0.29) is 5.82 Å². The smallest absolute Gasteiger partial charge is 0.164 e. The quantitative estimate of drug-likeness (QED) is 0.149. The van der Waals surface area contributed by atoms with Crippen LogP contribution in [0.15, 0.2) is 164 Å². The Labute approximate surface area is 340 Å². The van der Waals surface area contributed by atoms with E-state index in [4.69, 9.17) is 44.9 Å². The van der Waals surface area contributed by atoms with Gasteiger partial charge in [0.05, 0.1) is 0 Å². The summed E-state index contributed by atoms with van der Waals surface area (Å²) in [6, 6.07) is 51.3. The van der Waals surface area contributed by atoms with Crippen LogP contribution in [0.2, 0.25) is 0 Å². The molecule has 6 aromatic carbocycles. The van der Waals surface area contributed by atoms with Crippen molar-refractivity contribution < 1.29 is 4.39 Å². The highest BCUT2D eigenvalue weighted by atomic mass is 19.1. The molecule has 10 heteroatoms. The van der Waals surface area contributed by atoms with Crippen LogP contribution in [-0.4, -0.2) is 44.9 Å². The summed E-state index contributed by atoms with van der Waals surface area (Å²) in [7, 11) is 0. The molecule has 0 saturated heterocycles. The lowest BCUT2D eigenvalue weighted by atomic mass is 9.95. The first-order chi connectivity index (χ1) is 28.7. The van der Waals surface area contributed by atoms with Gasteiger partial charge in [-0.15, -0.1) is 0 Å². The highest BCUT2D eigenvalue weighted by Crippen LogP contribution is 2.34. The normalized spacial score (nSPS) is 11.4. The molecule has 0 saturated carbocycles. The van der Waals surface area contributed by atoms with Crippen molar-refractivity contribution in [2.24, 2.45) is 0 Å². The maximum absolute atomic E-state index is 14.1. The van der Waals surface area contributed by atoms with Crippen LogP contribution in [0.1, 0.15) is 26.6 Å². The first kappa shape index (κ1) is 36.9. The lowest BCUT2D eigenvalue weighted by Gasteiger charge is -2.18. The van der Waals surface area contributed by atoms with Gasteiger partial charge in [0.15, 0.2) is 46.6 Å². The Morgan fingerprint density at radius 3 is 0.814 bits per heavy atom. The SMILES string of the molecule is CC(C)(C)c1nc(-c2ccccc2)nc(-c2cc(-c3nc(-c4ccccc4)nc(-c4ccccc4)n3)cc(-c3nc(-c4ccccc4)nc(-c4ccc(F)cc4)n3)c2)n1. The Morgan fingerprint density at radius 1 is 0.288 bits per heavy atom. The van der Waals surface area contributed by atoms with Crippen LogP contribution in [0.5, 0.6) is 0 Å². The van der Waals surface area contributed by atoms with Crippen LogP contribution in [0, 0.1) is 5.82 Å². The van der Waals surface area contributed by atoms with Gasteiger partial charge in [0.2, 0.25) is 0 Å². The Balaban J connectivity index is 1.32. The summed E-state index contributed by atoms with van der Waals surface area (Å²) in [5.41, 5.74) is 5.58. The Bertz CT molecular complexity index is 2850. The van der Waals surface area contributed by atoms with Gasteiger partial charge in [-0.1, -0.05) is 142 Å². The molecule has 0 fully saturated rings. The topological polar surface area (TPSA) is 116 Å². The standard InChI is InChI=1S/C49H36FN9/c1-49(2,3)48-58-44(34-22-14-7-15-23-34)57-47(59-48)38-29-36(45-53-40(31-16-8-4-9-17-31)51-41(54-45)32-18-10-5-11-19-32)28-37(30-38)46-55-42(33-20-12-6-13-21-33)52-43(56-46)35-24-26-39(50)27-25-35/h4-30H,1-3H3. The summed E-state index contributed by atoms with van der Waals surface area (Å²) in [4.78, 5) is 45.0. The van der Waals surface area contributed by atoms with Crippen molar-refractivity contribution in [1.29, 1.82) is 0 Å². The summed E-state index contributed by atoms with van der Waals surface area (Å²) in [6.07, 6.45) is 0. The third-order valence-corrected chi connectivity index (χ3v) is 9.52. The third-order valence-electron chi connectivity index (χ3n) is 9.52. The van der Waals surface area contributed by atoms with Crippen LogP contribution in [0.25, 0.3) is 91.1 Å². The molecule has 3 heterocycles. The zero-order chi connectivity index (χ0) is 40.3. The fraction of sp³-hybridized carbons (Fsp3) is 0.0816. The van der Waals surface area contributed by atoms with Gasteiger partial charge >= 0.3 is 0 Å². The number of hydrogen-bond acceptors (Lipinski definition) is 9. The van der Waals surface area contributed by atoms with Crippen molar-refractivity contribution >= 4 is 0 Å². The van der Waals surface area contributed by atoms with Crippen LogP contribution >= 0.6 is 0 Å². The number of aromatic nitrogens is 9. The molecule has 0 unspecified atom stereocenters. The van der Waals surface area contributed by atoms with Gasteiger partial charge in [-0.25, -0.2) is 49.2 Å². The molecule has 9 aromatic rings. The van der Waals surface area contributed by atoms with E-state index in [0.717, 1.165) is 22.3 Å². The molecule has 59 heavy (non-hydrogen) atoms. The fourth-order valence-electron chi connectivity index (χ4n) is 6.46. The second kappa shape index (κ2) is 15.7. The average Bonchev–Trinajstić information content (AvgIpc) is 3.29. The number of halogens is 1. The van der Waals surface area contributed by atoms with Crippen molar-refractivity contribution in [3.8, 4) is 91.1 Å². The molecule has 0 spiro atoms. The molecule has 3 aromatic heterocycles. The maximum atomic E-state index is 14.1. The third kappa shape index (κ3) is 8.10. The van der Waals surface area contributed by atoms with Gasteiger partial charge in [0.1, 0.15) is 11.6 Å². The molecule has 0 radical (unpaired) electrons.